The number of amides is 2. The first-order valence-corrected chi connectivity index (χ1v) is 8.96. The molecule has 1 N–H and O–H groups in total. The van der Waals surface area contributed by atoms with Gasteiger partial charge in [0.05, 0.1) is 5.02 Å². The number of likely N-dealkylation sites (tertiary alicyclic amines) is 1. The number of carbonyl (C=O) groups excluding carboxylic acids is 2. The maximum absolute atomic E-state index is 13.2. The van der Waals surface area contributed by atoms with Crippen molar-refractivity contribution in [1.29, 1.82) is 0 Å². The lowest BCUT2D eigenvalue weighted by molar-refractivity contribution is -0.135. The zero-order valence-electron chi connectivity index (χ0n) is 13.8. The Morgan fingerprint density at radius 2 is 1.96 bits per heavy atom. The first-order chi connectivity index (χ1) is 12.5. The second-order valence-electron chi connectivity index (χ2n) is 6.13. The molecule has 1 aliphatic rings. The van der Waals surface area contributed by atoms with E-state index in [2.05, 4.69) is 5.32 Å². The van der Waals surface area contributed by atoms with E-state index in [0.717, 1.165) is 5.56 Å². The monoisotopic (exact) mass is 394 g/mol. The molecule has 1 heterocycles. The molecule has 0 radical (unpaired) electrons. The molecule has 7 heteroatoms. The number of nitrogens with zero attached hydrogens (tertiary/aromatic N) is 1. The van der Waals surface area contributed by atoms with Crippen LogP contribution in [0.4, 0.5) is 4.39 Å². The van der Waals surface area contributed by atoms with Crippen LogP contribution in [0.2, 0.25) is 10.0 Å². The van der Waals surface area contributed by atoms with E-state index in [1.165, 1.54) is 12.1 Å². The lowest BCUT2D eigenvalue weighted by atomic mass is 10.1. The number of hydrogen-bond donors (Lipinski definition) is 1. The summed E-state index contributed by atoms with van der Waals surface area (Å²) in [4.78, 5) is 26.3. The molecular weight excluding hydrogens is 378 g/mol. The first-order valence-electron chi connectivity index (χ1n) is 8.20. The smallest absolute Gasteiger partial charge is 0.243 e. The SMILES string of the molecule is O=C(NCc1ccc(F)c(Cl)c1)C1CCC(=O)N1Cc1ccccc1Cl. The highest BCUT2D eigenvalue weighted by molar-refractivity contribution is 6.31. The molecule has 0 spiro atoms. The van der Waals surface area contributed by atoms with Crippen LogP contribution in [0.5, 0.6) is 0 Å². The fourth-order valence-corrected chi connectivity index (χ4v) is 3.37. The Balaban J connectivity index is 1.66. The number of halogens is 3. The Kier molecular flexibility index (Phi) is 5.79. The third kappa shape index (κ3) is 4.17. The molecular formula is C19H17Cl2FN2O2. The number of hydrogen-bond acceptors (Lipinski definition) is 2. The molecule has 3 rings (SSSR count). The van der Waals surface area contributed by atoms with Gasteiger partial charge in [-0.3, -0.25) is 9.59 Å². The van der Waals surface area contributed by atoms with Crippen LogP contribution >= 0.6 is 23.2 Å². The minimum Gasteiger partial charge on any atom is -0.350 e. The number of rotatable bonds is 5. The van der Waals surface area contributed by atoms with Crippen LogP contribution in [0.3, 0.4) is 0 Å². The topological polar surface area (TPSA) is 49.4 Å². The highest BCUT2D eigenvalue weighted by Crippen LogP contribution is 2.25. The zero-order chi connectivity index (χ0) is 18.7. The summed E-state index contributed by atoms with van der Waals surface area (Å²) in [5.41, 5.74) is 1.49. The fourth-order valence-electron chi connectivity index (χ4n) is 2.97. The van der Waals surface area contributed by atoms with E-state index in [9.17, 15) is 14.0 Å². The van der Waals surface area contributed by atoms with Gasteiger partial charge in [0.15, 0.2) is 0 Å². The van der Waals surface area contributed by atoms with E-state index < -0.39 is 11.9 Å². The van der Waals surface area contributed by atoms with Gasteiger partial charge >= 0.3 is 0 Å². The standard InChI is InChI=1S/C19H17Cl2FN2O2/c20-14-4-2-1-3-13(14)11-24-17(7-8-18(24)25)19(26)23-10-12-5-6-16(22)15(21)9-12/h1-6,9,17H,7-8,10-11H2,(H,23,26). The maximum atomic E-state index is 13.2. The Labute approximate surface area is 160 Å². The molecule has 2 aromatic carbocycles. The molecule has 2 amide bonds. The number of nitrogens with one attached hydrogen (secondary N) is 1. The van der Waals surface area contributed by atoms with Crippen LogP contribution in [-0.2, 0) is 22.7 Å². The van der Waals surface area contributed by atoms with E-state index in [0.29, 0.717) is 30.0 Å². The molecule has 1 atom stereocenters. The molecule has 4 nitrogen and oxygen atoms in total. The Morgan fingerprint density at radius 1 is 1.19 bits per heavy atom. The summed E-state index contributed by atoms with van der Waals surface area (Å²) in [6.45, 7) is 0.502. The maximum Gasteiger partial charge on any atom is 0.243 e. The van der Waals surface area contributed by atoms with E-state index >= 15 is 0 Å². The van der Waals surface area contributed by atoms with Crippen molar-refractivity contribution in [2.45, 2.75) is 32.0 Å². The van der Waals surface area contributed by atoms with Crippen molar-refractivity contribution < 1.29 is 14.0 Å². The zero-order valence-corrected chi connectivity index (χ0v) is 15.4. The van der Waals surface area contributed by atoms with Crippen molar-refractivity contribution >= 4 is 35.0 Å². The first kappa shape index (κ1) is 18.7. The molecule has 2 aromatic rings. The van der Waals surface area contributed by atoms with Gasteiger partial charge in [0, 0.05) is 24.5 Å². The second kappa shape index (κ2) is 8.06. The molecule has 0 bridgehead atoms. The van der Waals surface area contributed by atoms with Crippen molar-refractivity contribution in [2.75, 3.05) is 0 Å². The predicted molar refractivity (Wildman–Crippen MR) is 98.3 cm³/mol. The van der Waals surface area contributed by atoms with E-state index in [-0.39, 0.29) is 23.4 Å². The Morgan fingerprint density at radius 3 is 2.69 bits per heavy atom. The van der Waals surface area contributed by atoms with Crippen LogP contribution in [0, 0.1) is 5.82 Å². The average molecular weight is 395 g/mol. The van der Waals surface area contributed by atoms with Gasteiger partial charge in [-0.25, -0.2) is 4.39 Å². The second-order valence-corrected chi connectivity index (χ2v) is 6.95. The number of carbonyl (C=O) groups is 2. The van der Waals surface area contributed by atoms with Gasteiger partial charge in [0.25, 0.3) is 0 Å². The minimum atomic E-state index is -0.547. The molecule has 1 fully saturated rings. The molecule has 0 saturated carbocycles. The van der Waals surface area contributed by atoms with E-state index in [1.54, 1.807) is 17.0 Å². The van der Waals surface area contributed by atoms with Gasteiger partial charge in [-0.2, -0.15) is 0 Å². The van der Waals surface area contributed by atoms with Crippen LogP contribution in [0.25, 0.3) is 0 Å². The van der Waals surface area contributed by atoms with Crippen LogP contribution in [0.1, 0.15) is 24.0 Å². The van der Waals surface area contributed by atoms with Crippen molar-refractivity contribution in [3.05, 3.63) is 69.5 Å². The molecule has 0 aromatic heterocycles. The third-order valence-corrected chi connectivity index (χ3v) is 5.04. The summed E-state index contributed by atoms with van der Waals surface area (Å²) < 4.78 is 13.2. The summed E-state index contributed by atoms with van der Waals surface area (Å²) in [6, 6.07) is 11.0. The molecule has 136 valence electrons. The van der Waals surface area contributed by atoms with Crippen molar-refractivity contribution in [3.63, 3.8) is 0 Å². The number of benzene rings is 2. The van der Waals surface area contributed by atoms with Gasteiger partial charge in [0.2, 0.25) is 11.8 Å². The van der Waals surface area contributed by atoms with E-state index in [4.69, 9.17) is 23.2 Å². The fraction of sp³-hybridized carbons (Fsp3) is 0.263. The Bertz CT molecular complexity index is 844. The summed E-state index contributed by atoms with van der Waals surface area (Å²) >= 11 is 11.9. The van der Waals surface area contributed by atoms with E-state index in [1.807, 2.05) is 18.2 Å². The quantitative estimate of drug-likeness (QED) is 0.834. The summed E-state index contributed by atoms with van der Waals surface area (Å²) in [5.74, 6) is -0.827. The summed E-state index contributed by atoms with van der Waals surface area (Å²) in [6.07, 6.45) is 0.782. The van der Waals surface area contributed by atoms with Gasteiger partial charge in [0.1, 0.15) is 11.9 Å². The largest absolute Gasteiger partial charge is 0.350 e. The van der Waals surface area contributed by atoms with Crippen LogP contribution in [0.15, 0.2) is 42.5 Å². The average Bonchev–Trinajstić information content (AvgIpc) is 2.98. The van der Waals surface area contributed by atoms with Crippen molar-refractivity contribution in [2.24, 2.45) is 0 Å². The van der Waals surface area contributed by atoms with Crippen LogP contribution < -0.4 is 5.32 Å². The predicted octanol–water partition coefficient (Wildman–Crippen LogP) is 3.94. The summed E-state index contributed by atoms with van der Waals surface area (Å²) in [5, 5.41) is 3.36. The van der Waals surface area contributed by atoms with Gasteiger partial charge in [-0.05, 0) is 35.7 Å². The minimum absolute atomic E-state index is 0.00754. The van der Waals surface area contributed by atoms with Crippen molar-refractivity contribution in [3.8, 4) is 0 Å². The molecule has 26 heavy (non-hydrogen) atoms. The lowest BCUT2D eigenvalue weighted by Gasteiger charge is -2.24. The lowest BCUT2D eigenvalue weighted by Crippen LogP contribution is -2.44. The molecule has 1 saturated heterocycles. The Hall–Kier alpha value is -2.11. The summed E-state index contributed by atoms with van der Waals surface area (Å²) in [7, 11) is 0. The highest BCUT2D eigenvalue weighted by atomic mass is 35.5. The molecule has 0 aliphatic carbocycles. The van der Waals surface area contributed by atoms with Gasteiger partial charge in [-0.1, -0.05) is 47.5 Å². The van der Waals surface area contributed by atoms with Crippen molar-refractivity contribution in [1.82, 2.24) is 10.2 Å². The third-order valence-electron chi connectivity index (χ3n) is 4.38. The van der Waals surface area contributed by atoms with Crippen LogP contribution in [-0.4, -0.2) is 22.8 Å². The highest BCUT2D eigenvalue weighted by Gasteiger charge is 2.36. The van der Waals surface area contributed by atoms with Gasteiger partial charge in [-0.15, -0.1) is 0 Å². The molecule has 1 unspecified atom stereocenters. The molecule has 1 aliphatic heterocycles. The van der Waals surface area contributed by atoms with Gasteiger partial charge < -0.3 is 10.2 Å². The normalized spacial score (nSPS) is 16.8.